The van der Waals surface area contributed by atoms with Crippen LogP contribution in [-0.2, 0) is 6.54 Å². The van der Waals surface area contributed by atoms with Gasteiger partial charge in [0.05, 0.1) is 11.9 Å². The van der Waals surface area contributed by atoms with Gasteiger partial charge in [0.25, 0.3) is 5.91 Å². The Morgan fingerprint density at radius 1 is 1.29 bits per heavy atom. The lowest BCUT2D eigenvalue weighted by atomic mass is 10.1. The normalized spacial score (nSPS) is 14.3. The zero-order valence-electron chi connectivity index (χ0n) is 14.2. The molecule has 124 valence electrons. The zero-order chi connectivity index (χ0) is 16.8. The van der Waals surface area contributed by atoms with Gasteiger partial charge in [0.15, 0.2) is 5.76 Å². The Labute approximate surface area is 140 Å². The van der Waals surface area contributed by atoms with E-state index in [1.54, 1.807) is 6.20 Å². The van der Waals surface area contributed by atoms with Gasteiger partial charge in [-0.25, -0.2) is 0 Å². The summed E-state index contributed by atoms with van der Waals surface area (Å²) in [4.78, 5) is 12.6. The predicted molar refractivity (Wildman–Crippen MR) is 93.3 cm³/mol. The average molecular weight is 323 g/mol. The molecule has 5 heteroatoms. The van der Waals surface area contributed by atoms with Crippen molar-refractivity contribution in [1.29, 1.82) is 0 Å². The third kappa shape index (κ3) is 2.70. The fraction of sp³-hybridized carbons (Fsp3) is 0.368. The molecule has 1 N–H and O–H groups in total. The lowest BCUT2D eigenvalue weighted by molar-refractivity contribution is 0.0998. The molecule has 0 unspecified atom stereocenters. The number of carbonyl (C=O) groups is 1. The number of hydrogen-bond acceptors (Lipinski definition) is 3. The van der Waals surface area contributed by atoms with E-state index in [2.05, 4.69) is 23.4 Å². The SMILES string of the molecule is Cc1cc2oc(C(=O)Nc3cnn(CC4CC4)c3)c(C)c2cc1C. The van der Waals surface area contributed by atoms with Crippen LogP contribution in [0.5, 0.6) is 0 Å². The van der Waals surface area contributed by atoms with Gasteiger partial charge in [-0.3, -0.25) is 9.48 Å². The summed E-state index contributed by atoms with van der Waals surface area (Å²) in [6.45, 7) is 6.96. The topological polar surface area (TPSA) is 60.1 Å². The highest BCUT2D eigenvalue weighted by Gasteiger charge is 2.22. The van der Waals surface area contributed by atoms with Crippen molar-refractivity contribution in [2.45, 2.75) is 40.2 Å². The second kappa shape index (κ2) is 5.51. The summed E-state index contributed by atoms with van der Waals surface area (Å²) < 4.78 is 7.71. The van der Waals surface area contributed by atoms with Crippen molar-refractivity contribution in [2.75, 3.05) is 5.32 Å². The van der Waals surface area contributed by atoms with Gasteiger partial charge in [-0.05, 0) is 62.8 Å². The number of nitrogens with zero attached hydrogens (tertiary/aromatic N) is 2. The number of nitrogens with one attached hydrogen (secondary N) is 1. The summed E-state index contributed by atoms with van der Waals surface area (Å²) >= 11 is 0. The number of furan rings is 1. The number of anilines is 1. The van der Waals surface area contributed by atoms with E-state index in [0.717, 1.165) is 34.6 Å². The Morgan fingerprint density at radius 3 is 2.79 bits per heavy atom. The summed E-state index contributed by atoms with van der Waals surface area (Å²) in [6, 6.07) is 4.07. The molecule has 2 heterocycles. The molecule has 4 rings (SSSR count). The second-order valence-corrected chi connectivity index (χ2v) is 6.84. The molecule has 0 spiro atoms. The number of aromatic nitrogens is 2. The van der Waals surface area contributed by atoms with Gasteiger partial charge in [-0.15, -0.1) is 0 Å². The molecular weight excluding hydrogens is 302 g/mol. The van der Waals surface area contributed by atoms with Crippen molar-refractivity contribution in [2.24, 2.45) is 5.92 Å². The Bertz CT molecular complexity index is 932. The Morgan fingerprint density at radius 2 is 2.04 bits per heavy atom. The van der Waals surface area contributed by atoms with E-state index in [9.17, 15) is 4.79 Å². The number of aryl methyl sites for hydroxylation is 3. The third-order valence-corrected chi connectivity index (χ3v) is 4.79. The van der Waals surface area contributed by atoms with Gasteiger partial charge >= 0.3 is 0 Å². The molecule has 0 atom stereocenters. The number of amides is 1. The molecule has 0 radical (unpaired) electrons. The van der Waals surface area contributed by atoms with Crippen molar-refractivity contribution < 1.29 is 9.21 Å². The molecule has 0 bridgehead atoms. The highest BCUT2D eigenvalue weighted by atomic mass is 16.3. The van der Waals surface area contributed by atoms with E-state index in [1.165, 1.54) is 18.4 Å². The predicted octanol–water partition coefficient (Wildman–Crippen LogP) is 4.22. The fourth-order valence-corrected chi connectivity index (χ4v) is 2.97. The Kier molecular flexibility index (Phi) is 3.44. The van der Waals surface area contributed by atoms with E-state index < -0.39 is 0 Å². The summed E-state index contributed by atoms with van der Waals surface area (Å²) in [6.07, 6.45) is 6.12. The second-order valence-electron chi connectivity index (χ2n) is 6.84. The molecule has 0 aliphatic heterocycles. The van der Waals surface area contributed by atoms with Gasteiger partial charge in [-0.2, -0.15) is 5.10 Å². The molecule has 1 amide bonds. The molecule has 1 saturated carbocycles. The van der Waals surface area contributed by atoms with Crippen LogP contribution in [0.25, 0.3) is 11.0 Å². The van der Waals surface area contributed by atoms with Crippen LogP contribution in [0.3, 0.4) is 0 Å². The Balaban J connectivity index is 1.58. The number of hydrogen-bond donors (Lipinski definition) is 1. The largest absolute Gasteiger partial charge is 0.451 e. The van der Waals surface area contributed by atoms with Crippen molar-refractivity contribution in [3.63, 3.8) is 0 Å². The van der Waals surface area contributed by atoms with Gasteiger partial charge in [0.1, 0.15) is 5.58 Å². The highest BCUT2D eigenvalue weighted by Crippen LogP contribution is 2.31. The molecule has 24 heavy (non-hydrogen) atoms. The first-order chi connectivity index (χ1) is 11.5. The van der Waals surface area contributed by atoms with Gasteiger partial charge in [-0.1, -0.05) is 0 Å². The minimum Gasteiger partial charge on any atom is -0.451 e. The van der Waals surface area contributed by atoms with E-state index in [-0.39, 0.29) is 5.91 Å². The smallest absolute Gasteiger partial charge is 0.291 e. The standard InChI is InChI=1S/C19H21N3O2/c1-11-6-16-13(3)18(24-17(16)7-12(11)2)19(23)21-15-8-20-22(10-15)9-14-4-5-14/h6-8,10,14H,4-5,9H2,1-3H3,(H,21,23). The quantitative estimate of drug-likeness (QED) is 0.782. The van der Waals surface area contributed by atoms with Crippen molar-refractivity contribution in [3.8, 4) is 0 Å². The number of benzene rings is 1. The van der Waals surface area contributed by atoms with Crippen LogP contribution in [0, 0.1) is 26.7 Å². The maximum Gasteiger partial charge on any atom is 0.291 e. The van der Waals surface area contributed by atoms with Crippen LogP contribution in [0.2, 0.25) is 0 Å². The first-order valence-corrected chi connectivity index (χ1v) is 8.35. The molecule has 1 aliphatic carbocycles. The first kappa shape index (κ1) is 15.0. The van der Waals surface area contributed by atoms with Crippen LogP contribution < -0.4 is 5.32 Å². The zero-order valence-corrected chi connectivity index (χ0v) is 14.2. The Hall–Kier alpha value is -2.56. The minimum absolute atomic E-state index is 0.232. The maximum atomic E-state index is 12.6. The molecule has 5 nitrogen and oxygen atoms in total. The van der Waals surface area contributed by atoms with Crippen LogP contribution in [-0.4, -0.2) is 15.7 Å². The maximum absolute atomic E-state index is 12.6. The van der Waals surface area contributed by atoms with Crippen LogP contribution in [0.15, 0.2) is 28.9 Å². The lowest BCUT2D eigenvalue weighted by Gasteiger charge is -2.00. The molecule has 1 aliphatic rings. The van der Waals surface area contributed by atoms with Gasteiger partial charge < -0.3 is 9.73 Å². The average Bonchev–Trinajstić information content (AvgIpc) is 3.16. The summed E-state index contributed by atoms with van der Waals surface area (Å²) in [5.74, 6) is 0.882. The first-order valence-electron chi connectivity index (χ1n) is 8.35. The highest BCUT2D eigenvalue weighted by molar-refractivity contribution is 6.06. The fourth-order valence-electron chi connectivity index (χ4n) is 2.97. The van der Waals surface area contributed by atoms with E-state index in [1.807, 2.05) is 30.8 Å². The minimum atomic E-state index is -0.232. The van der Waals surface area contributed by atoms with Crippen LogP contribution in [0.1, 0.15) is 40.1 Å². The molecule has 0 saturated heterocycles. The number of carbonyl (C=O) groups excluding carboxylic acids is 1. The van der Waals surface area contributed by atoms with Crippen LogP contribution in [0.4, 0.5) is 5.69 Å². The molecule has 1 aromatic carbocycles. The number of fused-ring (bicyclic) bond motifs is 1. The van der Waals surface area contributed by atoms with E-state index in [4.69, 9.17) is 4.42 Å². The summed E-state index contributed by atoms with van der Waals surface area (Å²) in [5.41, 5.74) is 4.68. The number of rotatable bonds is 4. The summed E-state index contributed by atoms with van der Waals surface area (Å²) in [5, 5.41) is 8.18. The van der Waals surface area contributed by atoms with E-state index in [0.29, 0.717) is 11.4 Å². The van der Waals surface area contributed by atoms with Crippen molar-refractivity contribution in [1.82, 2.24) is 9.78 Å². The summed E-state index contributed by atoms with van der Waals surface area (Å²) in [7, 11) is 0. The van der Waals surface area contributed by atoms with Crippen molar-refractivity contribution >= 4 is 22.6 Å². The van der Waals surface area contributed by atoms with Crippen molar-refractivity contribution in [3.05, 3.63) is 47.0 Å². The monoisotopic (exact) mass is 323 g/mol. The molecular formula is C19H21N3O2. The molecule has 2 aromatic heterocycles. The third-order valence-electron chi connectivity index (χ3n) is 4.79. The van der Waals surface area contributed by atoms with Crippen LogP contribution >= 0.6 is 0 Å². The van der Waals surface area contributed by atoms with Gasteiger partial charge in [0, 0.05) is 23.7 Å². The van der Waals surface area contributed by atoms with Gasteiger partial charge in [0.2, 0.25) is 0 Å². The lowest BCUT2D eigenvalue weighted by Crippen LogP contribution is -2.11. The molecule has 3 aromatic rings. The molecule has 1 fully saturated rings. The van der Waals surface area contributed by atoms with E-state index >= 15 is 0 Å².